The number of amides is 1. The summed E-state index contributed by atoms with van der Waals surface area (Å²) in [4.78, 5) is 41.1. The van der Waals surface area contributed by atoms with Crippen molar-refractivity contribution in [3.8, 4) is 5.75 Å². The first-order chi connectivity index (χ1) is 20.3. The van der Waals surface area contributed by atoms with Gasteiger partial charge in [-0.2, -0.15) is 0 Å². The normalized spacial score (nSPS) is 20.5. The summed E-state index contributed by atoms with van der Waals surface area (Å²) < 4.78 is 18.7. The van der Waals surface area contributed by atoms with Crippen LogP contribution in [0.25, 0.3) is 10.4 Å². The van der Waals surface area contributed by atoms with E-state index in [9.17, 15) is 14.4 Å². The van der Waals surface area contributed by atoms with Crippen molar-refractivity contribution in [2.24, 2.45) is 11.0 Å². The first kappa shape index (κ1) is 33.5. The van der Waals surface area contributed by atoms with Gasteiger partial charge < -0.3 is 13.9 Å². The van der Waals surface area contributed by atoms with Crippen molar-refractivity contribution in [2.45, 2.75) is 83.7 Å². The average molecular weight is 604 g/mol. The van der Waals surface area contributed by atoms with Crippen molar-refractivity contribution in [1.82, 2.24) is 0 Å². The summed E-state index contributed by atoms with van der Waals surface area (Å²) >= 11 is 0. The number of nitrogens with zero attached hydrogens (tertiary/aromatic N) is 3. The molecule has 43 heavy (non-hydrogen) atoms. The van der Waals surface area contributed by atoms with Gasteiger partial charge in [-0.3, -0.25) is 4.79 Å². The number of esters is 2. The lowest BCUT2D eigenvalue weighted by molar-refractivity contribution is -0.113. The zero-order chi connectivity index (χ0) is 31.6. The van der Waals surface area contributed by atoms with Crippen LogP contribution in [0.5, 0.6) is 5.75 Å². The summed E-state index contributed by atoms with van der Waals surface area (Å²) in [6, 6.07) is 13.7. The lowest BCUT2D eigenvalue weighted by Gasteiger charge is -2.41. The number of carbonyl (C=O) groups is 3. The minimum Gasteiger partial charge on any atom is -0.458 e. The number of rotatable bonds is 7. The summed E-state index contributed by atoms with van der Waals surface area (Å²) in [5, 5.41) is 3.04. The number of hydrogen-bond donors (Lipinski definition) is 0. The summed E-state index contributed by atoms with van der Waals surface area (Å²) in [5.74, 6) is -1.74. The van der Waals surface area contributed by atoms with E-state index in [1.54, 1.807) is 42.5 Å². The molecule has 1 heterocycles. The van der Waals surface area contributed by atoms with E-state index < -0.39 is 32.3 Å². The Bertz CT molecular complexity index is 1410. The van der Waals surface area contributed by atoms with Crippen molar-refractivity contribution in [3.05, 3.63) is 100.0 Å². The maximum atomic E-state index is 13.9. The molecule has 3 rings (SSSR count). The Morgan fingerprint density at radius 2 is 1.84 bits per heavy atom. The third-order valence-corrected chi connectivity index (χ3v) is 12.5. The second-order valence-corrected chi connectivity index (χ2v) is 17.0. The van der Waals surface area contributed by atoms with E-state index in [2.05, 4.69) is 56.9 Å². The number of cyclic esters (lactones) is 1. The predicted molar refractivity (Wildman–Crippen MR) is 168 cm³/mol. The van der Waals surface area contributed by atoms with E-state index in [0.717, 1.165) is 6.42 Å². The molecule has 2 aromatic rings. The van der Waals surface area contributed by atoms with Crippen LogP contribution in [-0.2, 0) is 20.4 Å². The van der Waals surface area contributed by atoms with E-state index in [0.29, 0.717) is 24.0 Å². The van der Waals surface area contributed by atoms with Gasteiger partial charge in [0.15, 0.2) is 8.32 Å². The second-order valence-electron chi connectivity index (χ2n) is 12.3. The second kappa shape index (κ2) is 15.0. The van der Waals surface area contributed by atoms with Gasteiger partial charge in [-0.05, 0) is 77.4 Å². The quantitative estimate of drug-likeness (QED) is 0.0459. The standard InChI is InChI=1S/C33H41N3O6Si/c1-23-14-10-11-15-24-18-12-20-27(41-31(38)25-16-8-7-9-17-25)30(24)32(39)40-26(19-13-21-29(37)35-36-34)22-28(23)42-43(5,6)33(2,3)4/h7-13,16-18,20-21,23,26,28H,14-15,19,22H2,1-6H3/b11-10+,21-13+/t23-,26?,28+/m0/s1. The van der Waals surface area contributed by atoms with E-state index >= 15 is 0 Å². The van der Waals surface area contributed by atoms with Crippen molar-refractivity contribution < 1.29 is 28.3 Å². The fourth-order valence-corrected chi connectivity index (χ4v) is 5.92. The van der Waals surface area contributed by atoms with Crippen LogP contribution in [0.3, 0.4) is 0 Å². The van der Waals surface area contributed by atoms with Gasteiger partial charge in [-0.25, -0.2) is 9.59 Å². The molecule has 0 fully saturated rings. The Labute approximate surface area is 254 Å². The fraction of sp³-hybridized carbons (Fsp3) is 0.424. The molecule has 228 valence electrons. The SMILES string of the molecule is C[C@H]1C/C=C/Cc2cccc(OC(=O)c3ccccc3)c2C(=O)OC(C/C=C/C(=O)N=[N+]=[N-])C[C@H]1O[Si](C)(C)C(C)(C)C. The van der Waals surface area contributed by atoms with Crippen molar-refractivity contribution in [1.29, 1.82) is 0 Å². The van der Waals surface area contributed by atoms with E-state index in [-0.39, 0.29) is 34.8 Å². The Morgan fingerprint density at radius 3 is 2.51 bits per heavy atom. The minimum absolute atomic E-state index is 0.0312. The fourth-order valence-electron chi connectivity index (χ4n) is 4.48. The molecule has 1 amide bonds. The van der Waals surface area contributed by atoms with Crippen molar-refractivity contribution in [3.63, 3.8) is 0 Å². The number of allylic oxidation sites excluding steroid dienone is 2. The number of ether oxygens (including phenoxy) is 2. The van der Waals surface area contributed by atoms with Gasteiger partial charge in [-0.15, -0.1) is 0 Å². The Balaban J connectivity index is 2.01. The maximum Gasteiger partial charge on any atom is 0.343 e. The van der Waals surface area contributed by atoms with Crippen LogP contribution in [0.15, 0.2) is 77.9 Å². The van der Waals surface area contributed by atoms with E-state index in [1.807, 2.05) is 12.1 Å². The number of hydrogen-bond acceptors (Lipinski definition) is 6. The Hall–Kier alpha value is -3.98. The third kappa shape index (κ3) is 9.51. The maximum absolute atomic E-state index is 13.9. The van der Waals surface area contributed by atoms with Crippen LogP contribution >= 0.6 is 0 Å². The monoisotopic (exact) mass is 603 g/mol. The molecule has 0 bridgehead atoms. The summed E-state index contributed by atoms with van der Waals surface area (Å²) in [7, 11) is -2.20. The van der Waals surface area contributed by atoms with Gasteiger partial charge in [0.25, 0.3) is 0 Å². The molecular formula is C33H41N3O6Si. The van der Waals surface area contributed by atoms with Crippen molar-refractivity contribution >= 4 is 26.2 Å². The van der Waals surface area contributed by atoms with Gasteiger partial charge in [0.05, 0.1) is 11.7 Å². The van der Waals surface area contributed by atoms with Crippen LogP contribution in [0.1, 0.15) is 73.2 Å². The molecule has 1 aliphatic heterocycles. The largest absolute Gasteiger partial charge is 0.458 e. The topological polar surface area (TPSA) is 128 Å². The number of benzene rings is 2. The van der Waals surface area contributed by atoms with Crippen LogP contribution in [0.4, 0.5) is 0 Å². The molecule has 0 radical (unpaired) electrons. The van der Waals surface area contributed by atoms with Crippen LogP contribution < -0.4 is 4.74 Å². The first-order valence-electron chi connectivity index (χ1n) is 14.5. The van der Waals surface area contributed by atoms with Gasteiger partial charge >= 0.3 is 11.9 Å². The van der Waals surface area contributed by atoms with E-state index in [4.69, 9.17) is 19.4 Å². The van der Waals surface area contributed by atoms with Crippen LogP contribution in [0, 0.1) is 5.92 Å². The molecule has 3 atom stereocenters. The minimum atomic E-state index is -2.20. The van der Waals surface area contributed by atoms with Gasteiger partial charge in [0.1, 0.15) is 17.4 Å². The van der Waals surface area contributed by atoms with Crippen LogP contribution in [0.2, 0.25) is 18.1 Å². The molecule has 1 unspecified atom stereocenters. The van der Waals surface area contributed by atoms with Crippen molar-refractivity contribution in [2.75, 3.05) is 0 Å². The summed E-state index contributed by atoms with van der Waals surface area (Å²) in [6.45, 7) is 13.0. The zero-order valence-corrected chi connectivity index (χ0v) is 26.8. The molecular weight excluding hydrogens is 562 g/mol. The average Bonchev–Trinajstić information content (AvgIpc) is 2.94. The number of carbonyl (C=O) groups excluding carboxylic acids is 3. The van der Waals surface area contributed by atoms with Crippen LogP contribution in [-0.4, -0.2) is 38.4 Å². The molecule has 10 heteroatoms. The molecule has 0 aromatic heterocycles. The highest BCUT2D eigenvalue weighted by atomic mass is 28.4. The molecule has 0 spiro atoms. The highest BCUT2D eigenvalue weighted by molar-refractivity contribution is 6.74. The lowest BCUT2D eigenvalue weighted by atomic mass is 9.93. The first-order valence-corrected chi connectivity index (χ1v) is 17.4. The zero-order valence-electron chi connectivity index (χ0n) is 25.8. The highest BCUT2D eigenvalue weighted by Crippen LogP contribution is 2.39. The summed E-state index contributed by atoms with van der Waals surface area (Å²) in [5.41, 5.74) is 9.76. The Morgan fingerprint density at radius 1 is 1.12 bits per heavy atom. The number of azide groups is 1. The molecule has 0 N–H and O–H groups in total. The number of fused-ring (bicyclic) bond motifs is 1. The molecule has 1 aliphatic rings. The molecule has 2 aromatic carbocycles. The lowest BCUT2D eigenvalue weighted by Crippen LogP contribution is -2.46. The third-order valence-electron chi connectivity index (χ3n) is 8.00. The van der Waals surface area contributed by atoms with Gasteiger partial charge in [0.2, 0.25) is 5.91 Å². The molecule has 0 saturated carbocycles. The molecule has 9 nitrogen and oxygen atoms in total. The highest BCUT2D eigenvalue weighted by Gasteiger charge is 2.41. The van der Waals surface area contributed by atoms with Gasteiger partial charge in [0, 0.05) is 17.8 Å². The smallest absolute Gasteiger partial charge is 0.343 e. The predicted octanol–water partition coefficient (Wildman–Crippen LogP) is 8.13. The summed E-state index contributed by atoms with van der Waals surface area (Å²) in [6.07, 6.45) is 7.68. The molecule has 0 aliphatic carbocycles. The Kier molecular flexibility index (Phi) is 11.7. The van der Waals surface area contributed by atoms with E-state index in [1.165, 1.54) is 12.2 Å². The molecule has 0 saturated heterocycles. The van der Waals surface area contributed by atoms with Gasteiger partial charge in [-0.1, -0.05) is 76.3 Å².